The lowest BCUT2D eigenvalue weighted by Crippen LogP contribution is -2.35. The number of ether oxygens (including phenoxy) is 1. The van der Waals surface area contributed by atoms with Crippen molar-refractivity contribution in [1.82, 2.24) is 14.9 Å². The maximum Gasteiger partial charge on any atom is 0.410 e. The van der Waals surface area contributed by atoms with E-state index >= 15 is 0 Å². The predicted molar refractivity (Wildman–Crippen MR) is 95.5 cm³/mol. The molecule has 1 aliphatic rings. The van der Waals surface area contributed by atoms with Crippen molar-refractivity contribution in [2.75, 3.05) is 25.1 Å². The van der Waals surface area contributed by atoms with Gasteiger partial charge in [0.1, 0.15) is 15.8 Å². The Balaban J connectivity index is 1.84. The van der Waals surface area contributed by atoms with Gasteiger partial charge < -0.3 is 9.64 Å². The van der Waals surface area contributed by atoms with Gasteiger partial charge >= 0.3 is 6.09 Å². The minimum atomic E-state index is -0.449. The number of halogens is 1. The van der Waals surface area contributed by atoms with E-state index in [4.69, 9.17) is 16.3 Å². The van der Waals surface area contributed by atoms with Gasteiger partial charge in [-0.25, -0.2) is 14.8 Å². The second kappa shape index (κ2) is 7.94. The molecule has 23 heavy (non-hydrogen) atoms. The molecule has 1 aliphatic heterocycles. The van der Waals surface area contributed by atoms with E-state index in [0.717, 1.165) is 30.3 Å². The molecular weight excluding hydrogens is 354 g/mol. The Kier molecular flexibility index (Phi) is 6.45. The highest BCUT2D eigenvalue weighted by Crippen LogP contribution is 2.28. The first-order valence-electron chi connectivity index (χ1n) is 7.46. The summed E-state index contributed by atoms with van der Waals surface area (Å²) in [5, 5.41) is 2.03. The molecule has 1 saturated heterocycles. The summed E-state index contributed by atoms with van der Waals surface area (Å²) in [5.74, 6) is 1.35. The Morgan fingerprint density at radius 1 is 1.48 bits per heavy atom. The summed E-state index contributed by atoms with van der Waals surface area (Å²) in [5.41, 5.74) is -0.449. The van der Waals surface area contributed by atoms with Crippen LogP contribution < -0.4 is 0 Å². The fourth-order valence-corrected chi connectivity index (χ4v) is 3.97. The second-order valence-electron chi connectivity index (χ2n) is 6.41. The molecule has 128 valence electrons. The highest BCUT2D eigenvalue weighted by Gasteiger charge is 2.29. The van der Waals surface area contributed by atoms with E-state index in [1.165, 1.54) is 11.8 Å². The largest absolute Gasteiger partial charge is 0.444 e. The number of hydrogen-bond acceptors (Lipinski definition) is 6. The van der Waals surface area contributed by atoms with Crippen molar-refractivity contribution in [3.63, 3.8) is 0 Å². The van der Waals surface area contributed by atoms with E-state index in [9.17, 15) is 4.79 Å². The summed E-state index contributed by atoms with van der Waals surface area (Å²) in [6.07, 6.45) is 2.69. The van der Waals surface area contributed by atoms with Crippen molar-refractivity contribution < 1.29 is 9.53 Å². The van der Waals surface area contributed by atoms with Crippen LogP contribution in [-0.2, 0) is 4.74 Å². The zero-order chi connectivity index (χ0) is 17.0. The Bertz CT molecular complexity index is 566. The van der Waals surface area contributed by atoms with Crippen molar-refractivity contribution in [2.24, 2.45) is 5.92 Å². The molecule has 1 fully saturated rings. The third kappa shape index (κ3) is 6.04. The monoisotopic (exact) mass is 375 g/mol. The molecule has 0 N–H and O–H groups in total. The molecule has 1 atom stereocenters. The van der Waals surface area contributed by atoms with Crippen LogP contribution in [-0.4, -0.2) is 51.7 Å². The molecule has 2 heterocycles. The van der Waals surface area contributed by atoms with Crippen LogP contribution in [0, 0.1) is 5.92 Å². The molecule has 0 aromatic carbocycles. The molecule has 0 unspecified atom stereocenters. The fourth-order valence-electron chi connectivity index (χ4n) is 2.21. The average molecular weight is 376 g/mol. The third-order valence-corrected chi connectivity index (χ3v) is 5.12. The van der Waals surface area contributed by atoms with E-state index in [-0.39, 0.29) is 6.09 Å². The molecule has 1 aromatic rings. The van der Waals surface area contributed by atoms with Crippen molar-refractivity contribution in [3.8, 4) is 0 Å². The van der Waals surface area contributed by atoms with Gasteiger partial charge in [-0.15, -0.1) is 11.8 Å². The van der Waals surface area contributed by atoms with Crippen molar-refractivity contribution in [2.45, 2.75) is 43.0 Å². The number of aromatic nitrogens is 2. The van der Waals surface area contributed by atoms with Crippen molar-refractivity contribution >= 4 is 41.2 Å². The lowest BCUT2D eigenvalue weighted by molar-refractivity contribution is 0.0289. The van der Waals surface area contributed by atoms with E-state index in [1.807, 2.05) is 27.0 Å². The highest BCUT2D eigenvalue weighted by atomic mass is 35.5. The van der Waals surface area contributed by atoms with Crippen LogP contribution in [0.15, 0.2) is 16.2 Å². The van der Waals surface area contributed by atoms with Gasteiger partial charge in [-0.2, -0.15) is 0 Å². The average Bonchev–Trinajstić information content (AvgIpc) is 2.91. The van der Waals surface area contributed by atoms with Gasteiger partial charge in [0.2, 0.25) is 0 Å². The summed E-state index contributed by atoms with van der Waals surface area (Å²) in [4.78, 5) is 22.4. The molecular formula is C15H22ClN3O2S2. The SMILES string of the molecule is CSc1nc(Cl)cc(SC[C@@H]2CCN(C(=O)OC(C)(C)C)C2)n1. The zero-order valence-corrected chi connectivity index (χ0v) is 16.2. The van der Waals surface area contributed by atoms with Gasteiger partial charge in [0.25, 0.3) is 0 Å². The topological polar surface area (TPSA) is 55.3 Å². The minimum Gasteiger partial charge on any atom is -0.444 e. The Hall–Kier alpha value is -0.660. The normalized spacial score (nSPS) is 18.3. The summed E-state index contributed by atoms with van der Waals surface area (Å²) in [6, 6.07) is 1.78. The van der Waals surface area contributed by atoms with Crippen molar-refractivity contribution in [1.29, 1.82) is 0 Å². The molecule has 0 radical (unpaired) electrons. The lowest BCUT2D eigenvalue weighted by atomic mass is 10.2. The van der Waals surface area contributed by atoms with E-state index < -0.39 is 5.60 Å². The van der Waals surface area contributed by atoms with Crippen LogP contribution in [0.2, 0.25) is 5.15 Å². The number of amides is 1. The van der Waals surface area contributed by atoms with Gasteiger partial charge in [0, 0.05) is 24.9 Å². The first kappa shape index (κ1) is 18.7. The predicted octanol–water partition coefficient (Wildman–Crippen LogP) is 4.20. The molecule has 0 aliphatic carbocycles. The van der Waals surface area contributed by atoms with E-state index in [1.54, 1.807) is 22.7 Å². The van der Waals surface area contributed by atoms with E-state index in [0.29, 0.717) is 16.2 Å². The zero-order valence-electron chi connectivity index (χ0n) is 13.8. The molecule has 1 amide bonds. The van der Waals surface area contributed by atoms with E-state index in [2.05, 4.69) is 9.97 Å². The molecule has 0 spiro atoms. The van der Waals surface area contributed by atoms with Gasteiger partial charge in [-0.1, -0.05) is 23.4 Å². The first-order valence-corrected chi connectivity index (χ1v) is 10.0. The summed E-state index contributed by atoms with van der Waals surface area (Å²) < 4.78 is 5.42. The Labute approximate surface area is 150 Å². The van der Waals surface area contributed by atoms with Crippen molar-refractivity contribution in [3.05, 3.63) is 11.2 Å². The molecule has 1 aromatic heterocycles. The van der Waals surface area contributed by atoms with Gasteiger partial charge in [-0.3, -0.25) is 0 Å². The third-order valence-electron chi connectivity index (χ3n) is 3.24. The van der Waals surface area contributed by atoms with Crippen LogP contribution >= 0.6 is 35.1 Å². The number of nitrogens with zero attached hydrogens (tertiary/aromatic N) is 3. The summed E-state index contributed by atoms with van der Waals surface area (Å²) in [6.45, 7) is 7.14. The number of likely N-dealkylation sites (tertiary alicyclic amines) is 1. The minimum absolute atomic E-state index is 0.222. The van der Waals surface area contributed by atoms with Crippen LogP contribution in [0.25, 0.3) is 0 Å². The fraction of sp³-hybridized carbons (Fsp3) is 0.667. The summed E-state index contributed by atoms with van der Waals surface area (Å²) in [7, 11) is 0. The number of thioether (sulfide) groups is 2. The Morgan fingerprint density at radius 3 is 2.87 bits per heavy atom. The molecule has 0 saturated carbocycles. The number of rotatable bonds is 4. The van der Waals surface area contributed by atoms with Crippen LogP contribution in [0.4, 0.5) is 4.79 Å². The molecule has 5 nitrogen and oxygen atoms in total. The highest BCUT2D eigenvalue weighted by molar-refractivity contribution is 7.99. The number of carbonyl (C=O) groups excluding carboxylic acids is 1. The molecule has 8 heteroatoms. The van der Waals surface area contributed by atoms with Gasteiger partial charge in [0.15, 0.2) is 5.16 Å². The van der Waals surface area contributed by atoms with Gasteiger partial charge in [0.05, 0.1) is 0 Å². The van der Waals surface area contributed by atoms with Gasteiger partial charge in [-0.05, 0) is 39.4 Å². The first-order chi connectivity index (χ1) is 10.8. The Morgan fingerprint density at radius 2 is 2.22 bits per heavy atom. The summed E-state index contributed by atoms with van der Waals surface area (Å²) >= 11 is 9.14. The molecule has 2 rings (SSSR count). The maximum atomic E-state index is 12.1. The number of carbonyl (C=O) groups is 1. The number of hydrogen-bond donors (Lipinski definition) is 0. The lowest BCUT2D eigenvalue weighted by Gasteiger charge is -2.24. The van der Waals surface area contributed by atoms with Crippen LogP contribution in [0.5, 0.6) is 0 Å². The standard InChI is InChI=1S/C15H22ClN3O2S2/c1-15(2,3)21-14(20)19-6-5-10(8-19)9-23-12-7-11(16)17-13(18-12)22-4/h7,10H,5-6,8-9H2,1-4H3/t10-/m1/s1. The maximum absolute atomic E-state index is 12.1. The molecule has 0 bridgehead atoms. The quantitative estimate of drug-likeness (QED) is 0.446. The smallest absolute Gasteiger partial charge is 0.410 e. The van der Waals surface area contributed by atoms with Crippen LogP contribution in [0.1, 0.15) is 27.2 Å². The van der Waals surface area contributed by atoms with Crippen LogP contribution in [0.3, 0.4) is 0 Å². The second-order valence-corrected chi connectivity index (χ2v) is 8.61.